The van der Waals surface area contributed by atoms with E-state index >= 15 is 0 Å². The zero-order valence-corrected chi connectivity index (χ0v) is 20.3. The molecule has 178 valence electrons. The van der Waals surface area contributed by atoms with Gasteiger partial charge in [0.1, 0.15) is 16.9 Å². The normalized spacial score (nSPS) is 17.4. The molecule has 0 saturated carbocycles. The summed E-state index contributed by atoms with van der Waals surface area (Å²) in [7, 11) is 0. The van der Waals surface area contributed by atoms with Gasteiger partial charge in [0.05, 0.1) is 12.8 Å². The predicted octanol–water partition coefficient (Wildman–Crippen LogP) is 4.80. The van der Waals surface area contributed by atoms with Gasteiger partial charge in [-0.05, 0) is 57.0 Å². The number of anilines is 1. The average Bonchev–Trinajstić information content (AvgIpc) is 3.50. The van der Waals surface area contributed by atoms with Crippen molar-refractivity contribution in [2.45, 2.75) is 46.3 Å². The highest BCUT2D eigenvalue weighted by Crippen LogP contribution is 2.36. The third kappa shape index (κ3) is 4.03. The second kappa shape index (κ2) is 8.58. The molecule has 3 heterocycles. The lowest BCUT2D eigenvalue weighted by Crippen LogP contribution is -2.64. The van der Waals surface area contributed by atoms with E-state index in [1.807, 2.05) is 63.2 Å². The van der Waals surface area contributed by atoms with Crippen LogP contribution in [-0.4, -0.2) is 27.1 Å². The standard InChI is InChI=1S/C28H28N4O3/c1-18-7-10-21(11-8-18)16-29-27(34)28(4)17-31-24(15-22(30-31)25-6-5-13-35-25)26(33)32(28)23-12-9-19(2)14-20(23)3/h5-15H,16-17H2,1-4H3,(H,29,34). The largest absolute Gasteiger partial charge is 0.463 e. The van der Waals surface area contributed by atoms with E-state index in [0.29, 0.717) is 29.4 Å². The molecule has 1 unspecified atom stereocenters. The number of aryl methyl sites for hydroxylation is 3. The topological polar surface area (TPSA) is 80.4 Å². The molecular formula is C28H28N4O3. The molecule has 0 aliphatic carbocycles. The van der Waals surface area contributed by atoms with E-state index in [9.17, 15) is 9.59 Å². The minimum absolute atomic E-state index is 0.210. The minimum Gasteiger partial charge on any atom is -0.463 e. The van der Waals surface area contributed by atoms with Crippen LogP contribution in [0.1, 0.15) is 39.7 Å². The Hall–Kier alpha value is -4.13. The Kier molecular flexibility index (Phi) is 5.55. The lowest BCUT2D eigenvalue weighted by Gasteiger charge is -2.43. The Bertz CT molecular complexity index is 1400. The highest BCUT2D eigenvalue weighted by atomic mass is 16.3. The Morgan fingerprint density at radius 3 is 2.49 bits per heavy atom. The predicted molar refractivity (Wildman–Crippen MR) is 134 cm³/mol. The number of nitrogens with zero attached hydrogens (tertiary/aromatic N) is 3. The van der Waals surface area contributed by atoms with Crippen molar-refractivity contribution in [1.29, 1.82) is 0 Å². The highest BCUT2D eigenvalue weighted by Gasteiger charge is 2.49. The molecule has 0 radical (unpaired) electrons. The van der Waals surface area contributed by atoms with Crippen molar-refractivity contribution in [3.63, 3.8) is 0 Å². The van der Waals surface area contributed by atoms with Crippen molar-refractivity contribution >= 4 is 17.5 Å². The highest BCUT2D eigenvalue weighted by molar-refractivity contribution is 6.12. The van der Waals surface area contributed by atoms with Gasteiger partial charge in [0.2, 0.25) is 5.91 Å². The molecule has 0 bridgehead atoms. The lowest BCUT2D eigenvalue weighted by atomic mass is 9.92. The molecule has 1 aliphatic rings. The first-order valence-corrected chi connectivity index (χ1v) is 11.6. The zero-order valence-electron chi connectivity index (χ0n) is 20.3. The molecular weight excluding hydrogens is 440 g/mol. The van der Waals surface area contributed by atoms with E-state index in [1.54, 1.807) is 41.0 Å². The summed E-state index contributed by atoms with van der Waals surface area (Å²) in [5.74, 6) is 0.0527. The first-order valence-electron chi connectivity index (χ1n) is 11.6. The number of rotatable bonds is 5. The van der Waals surface area contributed by atoms with E-state index in [4.69, 9.17) is 4.42 Å². The molecule has 2 aromatic carbocycles. The van der Waals surface area contributed by atoms with Crippen LogP contribution in [0.5, 0.6) is 0 Å². The van der Waals surface area contributed by atoms with Gasteiger partial charge in [0.25, 0.3) is 5.91 Å². The number of amides is 2. The molecule has 1 N–H and O–H groups in total. The molecule has 2 aromatic heterocycles. The van der Waals surface area contributed by atoms with E-state index in [1.165, 1.54) is 0 Å². The number of furan rings is 1. The average molecular weight is 469 g/mol. The van der Waals surface area contributed by atoms with Crippen LogP contribution in [0, 0.1) is 20.8 Å². The van der Waals surface area contributed by atoms with Crippen LogP contribution < -0.4 is 10.2 Å². The van der Waals surface area contributed by atoms with Crippen molar-refractivity contribution in [3.8, 4) is 11.5 Å². The van der Waals surface area contributed by atoms with Crippen molar-refractivity contribution in [2.75, 3.05) is 4.90 Å². The summed E-state index contributed by atoms with van der Waals surface area (Å²) < 4.78 is 7.11. The molecule has 1 aliphatic heterocycles. The van der Waals surface area contributed by atoms with Gasteiger partial charge in [0, 0.05) is 18.3 Å². The van der Waals surface area contributed by atoms with Crippen LogP contribution in [0.15, 0.2) is 71.3 Å². The number of benzene rings is 2. The van der Waals surface area contributed by atoms with Crippen LogP contribution in [-0.2, 0) is 17.9 Å². The third-order valence-electron chi connectivity index (χ3n) is 6.58. The second-order valence-corrected chi connectivity index (χ2v) is 9.42. The van der Waals surface area contributed by atoms with Crippen molar-refractivity contribution in [3.05, 3.63) is 94.9 Å². The lowest BCUT2D eigenvalue weighted by molar-refractivity contribution is -0.126. The molecule has 5 rings (SSSR count). The summed E-state index contributed by atoms with van der Waals surface area (Å²) in [6, 6.07) is 19.2. The quantitative estimate of drug-likeness (QED) is 0.456. The first kappa shape index (κ1) is 22.7. The van der Waals surface area contributed by atoms with Crippen molar-refractivity contribution in [2.24, 2.45) is 0 Å². The van der Waals surface area contributed by atoms with Crippen LogP contribution in [0.25, 0.3) is 11.5 Å². The maximum atomic E-state index is 13.9. The second-order valence-electron chi connectivity index (χ2n) is 9.42. The Morgan fingerprint density at radius 2 is 1.80 bits per heavy atom. The Balaban J connectivity index is 1.55. The van der Waals surface area contributed by atoms with Crippen molar-refractivity contribution < 1.29 is 14.0 Å². The Labute approximate surface area is 204 Å². The summed E-state index contributed by atoms with van der Waals surface area (Å²) in [5.41, 5.74) is 4.66. The van der Waals surface area contributed by atoms with E-state index in [0.717, 1.165) is 22.3 Å². The number of hydrogen-bond acceptors (Lipinski definition) is 4. The van der Waals surface area contributed by atoms with Gasteiger partial charge in [-0.15, -0.1) is 0 Å². The summed E-state index contributed by atoms with van der Waals surface area (Å²) in [5, 5.41) is 7.66. The summed E-state index contributed by atoms with van der Waals surface area (Å²) in [4.78, 5) is 29.3. The number of hydrogen-bond donors (Lipinski definition) is 1. The first-order chi connectivity index (χ1) is 16.8. The molecule has 1 atom stereocenters. The molecule has 2 amide bonds. The smallest absolute Gasteiger partial charge is 0.277 e. The van der Waals surface area contributed by atoms with Gasteiger partial charge >= 0.3 is 0 Å². The van der Waals surface area contributed by atoms with Gasteiger partial charge < -0.3 is 9.73 Å². The van der Waals surface area contributed by atoms with Crippen LogP contribution >= 0.6 is 0 Å². The third-order valence-corrected chi connectivity index (χ3v) is 6.58. The van der Waals surface area contributed by atoms with Crippen LogP contribution in [0.4, 0.5) is 5.69 Å². The van der Waals surface area contributed by atoms with E-state index < -0.39 is 5.54 Å². The van der Waals surface area contributed by atoms with Crippen LogP contribution in [0.2, 0.25) is 0 Å². The fourth-order valence-corrected chi connectivity index (χ4v) is 4.64. The SMILES string of the molecule is Cc1ccc(CNC(=O)C2(C)Cn3nc(-c4ccco4)cc3C(=O)N2c2ccc(C)cc2C)cc1. The Morgan fingerprint density at radius 1 is 1.06 bits per heavy atom. The number of nitrogens with one attached hydrogen (secondary N) is 1. The maximum absolute atomic E-state index is 13.9. The van der Waals surface area contributed by atoms with Gasteiger partial charge in [-0.3, -0.25) is 19.2 Å². The summed E-state index contributed by atoms with van der Waals surface area (Å²) in [6.07, 6.45) is 1.57. The monoisotopic (exact) mass is 468 g/mol. The van der Waals surface area contributed by atoms with Gasteiger partial charge in [0.15, 0.2) is 5.76 Å². The fourth-order valence-electron chi connectivity index (χ4n) is 4.64. The zero-order chi connectivity index (χ0) is 24.7. The summed E-state index contributed by atoms with van der Waals surface area (Å²) in [6.45, 7) is 8.37. The molecule has 0 spiro atoms. The summed E-state index contributed by atoms with van der Waals surface area (Å²) >= 11 is 0. The minimum atomic E-state index is -1.19. The molecule has 7 heteroatoms. The van der Waals surface area contributed by atoms with Gasteiger partial charge in [-0.2, -0.15) is 5.10 Å². The number of fused-ring (bicyclic) bond motifs is 1. The fraction of sp³-hybridized carbons (Fsp3) is 0.250. The molecule has 0 fully saturated rings. The van der Waals surface area contributed by atoms with Gasteiger partial charge in [-0.1, -0.05) is 47.5 Å². The maximum Gasteiger partial charge on any atom is 0.277 e. The van der Waals surface area contributed by atoms with Crippen LogP contribution in [0.3, 0.4) is 0 Å². The van der Waals surface area contributed by atoms with Crippen molar-refractivity contribution in [1.82, 2.24) is 15.1 Å². The number of aromatic nitrogens is 2. The molecule has 4 aromatic rings. The number of carbonyl (C=O) groups is 2. The number of carbonyl (C=O) groups excluding carboxylic acids is 2. The van der Waals surface area contributed by atoms with E-state index in [-0.39, 0.29) is 18.4 Å². The van der Waals surface area contributed by atoms with E-state index in [2.05, 4.69) is 10.4 Å². The molecule has 0 saturated heterocycles. The molecule has 7 nitrogen and oxygen atoms in total. The molecule has 35 heavy (non-hydrogen) atoms. The van der Waals surface area contributed by atoms with Gasteiger partial charge in [-0.25, -0.2) is 0 Å².